The second-order valence-corrected chi connectivity index (χ2v) is 5.10. The van der Waals surface area contributed by atoms with Crippen molar-refractivity contribution in [1.82, 2.24) is 15.0 Å². The molecule has 0 aliphatic carbocycles. The lowest BCUT2D eigenvalue weighted by molar-refractivity contribution is 0.0630. The fourth-order valence-electron chi connectivity index (χ4n) is 2.50. The molecule has 0 atom stereocenters. The largest absolute Gasteiger partial charge is 0.476 e. The second-order valence-electron chi connectivity index (χ2n) is 5.10. The lowest BCUT2D eigenvalue weighted by Crippen LogP contribution is -2.15. The van der Waals surface area contributed by atoms with Gasteiger partial charge in [0.1, 0.15) is 0 Å². The molecule has 1 aromatic rings. The molecule has 0 radical (unpaired) electrons. The van der Waals surface area contributed by atoms with E-state index in [0.717, 1.165) is 38.5 Å². The minimum atomic E-state index is -1.01. The van der Waals surface area contributed by atoms with Crippen LogP contribution in [0, 0.1) is 12.8 Å². The number of aryl methyl sites for hydroxylation is 1. The van der Waals surface area contributed by atoms with Crippen LogP contribution in [-0.2, 0) is 11.3 Å². The highest BCUT2D eigenvalue weighted by Gasteiger charge is 2.15. The molecule has 0 unspecified atom stereocenters. The third-order valence-corrected chi connectivity index (χ3v) is 3.76. The van der Waals surface area contributed by atoms with E-state index in [1.165, 1.54) is 19.3 Å². The Bertz CT molecular complexity index is 425. The van der Waals surface area contributed by atoms with Gasteiger partial charge in [0.25, 0.3) is 0 Å². The molecule has 1 aromatic heterocycles. The minimum Gasteiger partial charge on any atom is -0.476 e. The second kappa shape index (κ2) is 6.65. The fourth-order valence-corrected chi connectivity index (χ4v) is 2.50. The average Bonchev–Trinajstić information content (AvgIpc) is 2.77. The summed E-state index contributed by atoms with van der Waals surface area (Å²) in [5, 5.41) is 16.5. The predicted octanol–water partition coefficient (Wildman–Crippen LogP) is 1.88. The molecule has 1 fully saturated rings. The highest BCUT2D eigenvalue weighted by molar-refractivity contribution is 5.86. The van der Waals surface area contributed by atoms with Crippen LogP contribution < -0.4 is 0 Å². The third-order valence-electron chi connectivity index (χ3n) is 3.76. The van der Waals surface area contributed by atoms with Crippen molar-refractivity contribution < 1.29 is 14.6 Å². The molecule has 1 N–H and O–H groups in total. The van der Waals surface area contributed by atoms with Crippen molar-refractivity contribution in [3.8, 4) is 0 Å². The Morgan fingerprint density at radius 2 is 2.16 bits per heavy atom. The van der Waals surface area contributed by atoms with Gasteiger partial charge in [-0.05, 0) is 32.1 Å². The van der Waals surface area contributed by atoms with Crippen LogP contribution in [0.15, 0.2) is 0 Å². The highest BCUT2D eigenvalue weighted by Crippen LogP contribution is 2.21. The van der Waals surface area contributed by atoms with Gasteiger partial charge in [-0.1, -0.05) is 18.1 Å². The van der Waals surface area contributed by atoms with E-state index in [1.807, 2.05) is 0 Å². The molecule has 19 heavy (non-hydrogen) atoms. The number of ether oxygens (including phenoxy) is 1. The van der Waals surface area contributed by atoms with E-state index in [4.69, 9.17) is 9.84 Å². The van der Waals surface area contributed by atoms with Crippen LogP contribution in [0.5, 0.6) is 0 Å². The van der Waals surface area contributed by atoms with E-state index in [-0.39, 0.29) is 5.69 Å². The Labute approximate surface area is 112 Å². The Hall–Kier alpha value is -1.43. The van der Waals surface area contributed by atoms with Gasteiger partial charge in [0.2, 0.25) is 0 Å². The van der Waals surface area contributed by atoms with Crippen molar-refractivity contribution in [3.63, 3.8) is 0 Å². The van der Waals surface area contributed by atoms with E-state index in [2.05, 4.69) is 10.3 Å². The molecule has 0 amide bonds. The van der Waals surface area contributed by atoms with Gasteiger partial charge in [0, 0.05) is 19.8 Å². The molecule has 2 heterocycles. The van der Waals surface area contributed by atoms with Crippen LogP contribution in [0.3, 0.4) is 0 Å². The zero-order valence-corrected chi connectivity index (χ0v) is 11.3. The molecule has 6 nitrogen and oxygen atoms in total. The molecule has 106 valence electrons. The number of aromatic carboxylic acids is 1. The van der Waals surface area contributed by atoms with E-state index < -0.39 is 5.97 Å². The molecule has 0 spiro atoms. The monoisotopic (exact) mass is 267 g/mol. The quantitative estimate of drug-likeness (QED) is 0.796. The third kappa shape index (κ3) is 3.76. The summed E-state index contributed by atoms with van der Waals surface area (Å²) < 4.78 is 7.03. The Morgan fingerprint density at radius 1 is 1.42 bits per heavy atom. The maximum absolute atomic E-state index is 10.8. The maximum atomic E-state index is 10.8. The van der Waals surface area contributed by atoms with E-state index in [9.17, 15) is 4.79 Å². The minimum absolute atomic E-state index is 0.0597. The van der Waals surface area contributed by atoms with Crippen molar-refractivity contribution in [1.29, 1.82) is 0 Å². The number of rotatable bonds is 6. The summed E-state index contributed by atoms with van der Waals surface area (Å²) in [7, 11) is 0. The number of hydrogen-bond acceptors (Lipinski definition) is 4. The lowest BCUT2D eigenvalue weighted by Gasteiger charge is -2.21. The molecule has 0 aromatic carbocycles. The van der Waals surface area contributed by atoms with Crippen LogP contribution in [0.4, 0.5) is 0 Å². The van der Waals surface area contributed by atoms with Gasteiger partial charge in [-0.25, -0.2) is 9.48 Å². The van der Waals surface area contributed by atoms with E-state index >= 15 is 0 Å². The smallest absolute Gasteiger partial charge is 0.358 e. The molecule has 0 bridgehead atoms. The molecule has 6 heteroatoms. The Balaban J connectivity index is 1.72. The number of carbonyl (C=O) groups is 1. The fraction of sp³-hybridized carbons (Fsp3) is 0.769. The van der Waals surface area contributed by atoms with Crippen LogP contribution >= 0.6 is 0 Å². The summed E-state index contributed by atoms with van der Waals surface area (Å²) >= 11 is 0. The molecule has 1 aliphatic heterocycles. The van der Waals surface area contributed by atoms with Gasteiger partial charge in [-0.2, -0.15) is 0 Å². The van der Waals surface area contributed by atoms with Crippen molar-refractivity contribution >= 4 is 5.97 Å². The number of unbranched alkanes of at least 4 members (excludes halogenated alkanes) is 1. The first-order valence-electron chi connectivity index (χ1n) is 6.89. The Kier molecular flexibility index (Phi) is 4.90. The number of carboxylic acids is 1. The van der Waals surface area contributed by atoms with Crippen LogP contribution in [0.2, 0.25) is 0 Å². The topological polar surface area (TPSA) is 77.2 Å². The summed E-state index contributed by atoms with van der Waals surface area (Å²) in [5.41, 5.74) is 0.697. The van der Waals surface area contributed by atoms with E-state index in [0.29, 0.717) is 5.69 Å². The van der Waals surface area contributed by atoms with Crippen LogP contribution in [0.1, 0.15) is 48.3 Å². The molecule has 1 aliphatic rings. The number of hydrogen-bond donors (Lipinski definition) is 1. The molecule has 2 rings (SSSR count). The van der Waals surface area contributed by atoms with Gasteiger partial charge in [0.15, 0.2) is 5.69 Å². The first-order chi connectivity index (χ1) is 9.18. The summed E-state index contributed by atoms with van der Waals surface area (Å²) in [5.74, 6) is -0.217. The number of nitrogens with zero attached hydrogens (tertiary/aromatic N) is 3. The molecular weight excluding hydrogens is 246 g/mol. The van der Waals surface area contributed by atoms with Gasteiger partial charge >= 0.3 is 5.97 Å². The van der Waals surface area contributed by atoms with Crippen LogP contribution in [0.25, 0.3) is 0 Å². The number of carboxylic acid groups (broad SMARTS) is 1. The molecule has 0 saturated carbocycles. The first kappa shape index (κ1) is 14.0. The zero-order chi connectivity index (χ0) is 13.7. The van der Waals surface area contributed by atoms with Crippen molar-refractivity contribution in [2.24, 2.45) is 5.92 Å². The zero-order valence-electron chi connectivity index (χ0n) is 11.3. The number of aromatic nitrogens is 3. The van der Waals surface area contributed by atoms with Gasteiger partial charge in [0.05, 0.1) is 5.69 Å². The van der Waals surface area contributed by atoms with Crippen molar-refractivity contribution in [2.75, 3.05) is 13.2 Å². The van der Waals surface area contributed by atoms with Crippen molar-refractivity contribution in [2.45, 2.75) is 45.6 Å². The SMILES string of the molecule is Cc1c(C(=O)O)nnn1CCCCC1CCOCC1. The predicted molar refractivity (Wildman–Crippen MR) is 69.1 cm³/mol. The summed E-state index contributed by atoms with van der Waals surface area (Å²) in [6.07, 6.45) is 5.73. The first-order valence-corrected chi connectivity index (χ1v) is 6.89. The lowest BCUT2D eigenvalue weighted by atomic mass is 9.94. The average molecular weight is 267 g/mol. The summed E-state index contributed by atoms with van der Waals surface area (Å²) in [6.45, 7) is 4.29. The van der Waals surface area contributed by atoms with Gasteiger partial charge in [-0.15, -0.1) is 5.10 Å². The van der Waals surface area contributed by atoms with Crippen LogP contribution in [-0.4, -0.2) is 39.3 Å². The summed E-state index contributed by atoms with van der Waals surface area (Å²) in [6, 6.07) is 0. The van der Waals surface area contributed by atoms with Gasteiger partial charge in [-0.3, -0.25) is 0 Å². The highest BCUT2D eigenvalue weighted by atomic mass is 16.5. The summed E-state index contributed by atoms with van der Waals surface area (Å²) in [4.78, 5) is 10.8. The molecule has 1 saturated heterocycles. The van der Waals surface area contributed by atoms with Crippen molar-refractivity contribution in [3.05, 3.63) is 11.4 Å². The normalized spacial score (nSPS) is 16.7. The van der Waals surface area contributed by atoms with Gasteiger partial charge < -0.3 is 9.84 Å². The molecular formula is C13H21N3O3. The Morgan fingerprint density at radius 3 is 2.79 bits per heavy atom. The van der Waals surface area contributed by atoms with E-state index in [1.54, 1.807) is 11.6 Å². The maximum Gasteiger partial charge on any atom is 0.358 e. The standard InChI is InChI=1S/C13H21N3O3/c1-10-12(13(17)18)14-15-16(10)7-3-2-4-11-5-8-19-9-6-11/h11H,2-9H2,1H3,(H,17,18).